The molecule has 6 heteroatoms. The lowest BCUT2D eigenvalue weighted by Crippen LogP contribution is -2.37. The molecule has 1 fully saturated rings. The largest absolute Gasteiger partial charge is 0.444 e. The molecule has 1 N–H and O–H groups in total. The molecule has 22 heavy (non-hydrogen) atoms. The summed E-state index contributed by atoms with van der Waals surface area (Å²) in [6.45, 7) is 2.04. The summed E-state index contributed by atoms with van der Waals surface area (Å²) >= 11 is 0. The third-order valence-corrected chi connectivity index (χ3v) is 4.08. The maximum absolute atomic E-state index is 11.2. The average molecular weight is 302 g/mol. The van der Waals surface area contributed by atoms with Crippen molar-refractivity contribution in [2.75, 3.05) is 13.1 Å². The van der Waals surface area contributed by atoms with Crippen LogP contribution < -0.4 is 5.56 Å². The van der Waals surface area contributed by atoms with Gasteiger partial charge in [-0.2, -0.15) is 5.16 Å². The molecule has 1 unspecified atom stereocenters. The summed E-state index contributed by atoms with van der Waals surface area (Å²) < 4.78 is 10.5. The summed E-state index contributed by atoms with van der Waals surface area (Å²) in [6.07, 6.45) is 1.34. The highest BCUT2D eigenvalue weighted by Gasteiger charge is 2.29. The van der Waals surface area contributed by atoms with Crippen LogP contribution >= 0.6 is 0 Å². The van der Waals surface area contributed by atoms with Crippen molar-refractivity contribution in [1.29, 1.82) is 0 Å². The van der Waals surface area contributed by atoms with Crippen molar-refractivity contribution in [3.8, 4) is 0 Å². The predicted molar refractivity (Wildman–Crippen MR) is 79.2 cm³/mol. The molecule has 0 radical (unpaired) electrons. The van der Waals surface area contributed by atoms with Crippen LogP contribution in [0.25, 0.3) is 0 Å². The molecule has 2 aromatic rings. The van der Waals surface area contributed by atoms with E-state index in [-0.39, 0.29) is 17.7 Å². The van der Waals surface area contributed by atoms with Crippen LogP contribution in [0.1, 0.15) is 36.3 Å². The van der Waals surface area contributed by atoms with E-state index in [1.807, 2.05) is 30.3 Å². The van der Waals surface area contributed by atoms with Gasteiger partial charge in [-0.3, -0.25) is 14.5 Å². The van der Waals surface area contributed by atoms with Gasteiger partial charge in [0, 0.05) is 30.6 Å². The van der Waals surface area contributed by atoms with Gasteiger partial charge >= 0.3 is 0 Å². The van der Waals surface area contributed by atoms with Gasteiger partial charge in [-0.1, -0.05) is 30.3 Å². The normalized spacial score (nSPS) is 18.0. The van der Waals surface area contributed by atoms with Crippen molar-refractivity contribution in [3.63, 3.8) is 0 Å². The number of hydrogen-bond acceptors (Lipinski definition) is 5. The minimum atomic E-state index is -0.363. The third-order valence-electron chi connectivity index (χ3n) is 4.08. The van der Waals surface area contributed by atoms with Gasteiger partial charge in [0.15, 0.2) is 6.23 Å². The van der Waals surface area contributed by atoms with Gasteiger partial charge in [-0.15, -0.1) is 0 Å². The average Bonchev–Trinajstić information content (AvgIpc) is 3.00. The first-order chi connectivity index (χ1) is 10.8. The zero-order valence-corrected chi connectivity index (χ0v) is 12.1. The maximum Gasteiger partial charge on any atom is 0.294 e. The van der Waals surface area contributed by atoms with Crippen LogP contribution in [0.2, 0.25) is 0 Å². The highest BCUT2D eigenvalue weighted by Crippen LogP contribution is 2.32. The molecule has 0 amide bonds. The molecular weight excluding hydrogens is 284 g/mol. The molecule has 1 atom stereocenters. The Morgan fingerprint density at radius 1 is 1.27 bits per heavy atom. The van der Waals surface area contributed by atoms with Crippen molar-refractivity contribution < 1.29 is 14.1 Å². The van der Waals surface area contributed by atoms with Crippen LogP contribution in [0, 0.1) is 0 Å². The Bertz CT molecular complexity index is 656. The molecule has 1 aliphatic heterocycles. The summed E-state index contributed by atoms with van der Waals surface area (Å²) in [6, 6.07) is 11.2. The number of benzene rings is 1. The zero-order chi connectivity index (χ0) is 15.4. The van der Waals surface area contributed by atoms with Crippen molar-refractivity contribution in [2.24, 2.45) is 0 Å². The Kier molecular flexibility index (Phi) is 4.39. The Morgan fingerprint density at radius 2 is 2.00 bits per heavy atom. The Balaban J connectivity index is 1.68. The molecule has 0 aliphatic carbocycles. The Hall–Kier alpha value is -2.34. The highest BCUT2D eigenvalue weighted by atomic mass is 16.5. The van der Waals surface area contributed by atoms with Gasteiger partial charge in [0.25, 0.3) is 12.0 Å². The van der Waals surface area contributed by atoms with E-state index in [9.17, 15) is 9.59 Å². The van der Waals surface area contributed by atoms with Gasteiger partial charge in [0.2, 0.25) is 0 Å². The molecule has 1 aromatic heterocycles. The number of piperidine rings is 1. The fraction of sp³-hybridized carbons (Fsp3) is 0.375. The third kappa shape index (κ3) is 3.12. The second-order valence-electron chi connectivity index (χ2n) is 5.42. The second kappa shape index (κ2) is 6.62. The van der Waals surface area contributed by atoms with E-state index in [4.69, 9.17) is 9.26 Å². The smallest absolute Gasteiger partial charge is 0.294 e. The molecule has 1 aliphatic rings. The molecule has 3 rings (SSSR count). The standard InChI is InChI=1S/C16H18N2O4/c19-11-21-16(13-4-2-1-3-5-13)18-8-6-12(7-9-18)14-10-15(20)17-22-14/h1-5,10-12,16H,6-9H2,(H,17,20). The van der Waals surface area contributed by atoms with E-state index in [0.717, 1.165) is 31.5 Å². The molecule has 0 spiro atoms. The van der Waals surface area contributed by atoms with Gasteiger partial charge in [-0.25, -0.2) is 0 Å². The molecule has 0 saturated carbocycles. The summed E-state index contributed by atoms with van der Waals surface area (Å²) in [5.41, 5.74) is 0.755. The first-order valence-corrected chi connectivity index (χ1v) is 7.34. The van der Waals surface area contributed by atoms with Crippen molar-refractivity contribution >= 4 is 6.47 Å². The summed E-state index contributed by atoms with van der Waals surface area (Å²) in [4.78, 5) is 24.1. The van der Waals surface area contributed by atoms with Crippen LogP contribution in [0.4, 0.5) is 0 Å². The number of rotatable bonds is 5. The molecule has 116 valence electrons. The maximum atomic E-state index is 11.2. The van der Waals surface area contributed by atoms with E-state index < -0.39 is 0 Å². The van der Waals surface area contributed by atoms with Crippen LogP contribution in [0.3, 0.4) is 0 Å². The Labute approximate surface area is 127 Å². The van der Waals surface area contributed by atoms with Crippen LogP contribution in [-0.4, -0.2) is 29.6 Å². The Morgan fingerprint density at radius 3 is 2.59 bits per heavy atom. The van der Waals surface area contributed by atoms with Gasteiger partial charge in [-0.05, 0) is 12.8 Å². The summed E-state index contributed by atoms with van der Waals surface area (Å²) in [5.74, 6) is 0.931. The summed E-state index contributed by atoms with van der Waals surface area (Å²) in [5, 5.41) is 2.33. The minimum absolute atomic E-state index is 0.205. The van der Waals surface area contributed by atoms with Gasteiger partial charge in [0.05, 0.1) is 0 Å². The number of hydrogen-bond donors (Lipinski definition) is 1. The van der Waals surface area contributed by atoms with Crippen LogP contribution in [0.15, 0.2) is 45.7 Å². The van der Waals surface area contributed by atoms with E-state index >= 15 is 0 Å². The number of carbonyl (C=O) groups excluding carboxylic acids is 1. The zero-order valence-electron chi connectivity index (χ0n) is 12.1. The molecule has 1 aromatic carbocycles. The second-order valence-corrected chi connectivity index (χ2v) is 5.42. The van der Waals surface area contributed by atoms with Gasteiger partial charge in [0.1, 0.15) is 5.76 Å². The molecular formula is C16H18N2O4. The van der Waals surface area contributed by atoms with Crippen molar-refractivity contribution in [2.45, 2.75) is 25.0 Å². The van der Waals surface area contributed by atoms with Crippen LogP contribution in [-0.2, 0) is 9.53 Å². The highest BCUT2D eigenvalue weighted by molar-refractivity contribution is 5.38. The van der Waals surface area contributed by atoms with Crippen molar-refractivity contribution in [3.05, 3.63) is 58.1 Å². The topological polar surface area (TPSA) is 75.5 Å². The molecule has 6 nitrogen and oxygen atoms in total. The number of aromatic amines is 1. The molecule has 0 bridgehead atoms. The number of likely N-dealkylation sites (tertiary alicyclic amines) is 1. The van der Waals surface area contributed by atoms with Crippen LogP contribution in [0.5, 0.6) is 0 Å². The number of nitrogens with one attached hydrogen (secondary N) is 1. The molecule has 2 heterocycles. The minimum Gasteiger partial charge on any atom is -0.444 e. The first kappa shape index (κ1) is 14.6. The lowest BCUT2D eigenvalue weighted by atomic mass is 9.94. The molecule has 1 saturated heterocycles. The fourth-order valence-electron chi connectivity index (χ4n) is 2.96. The van der Waals surface area contributed by atoms with Gasteiger partial charge < -0.3 is 9.26 Å². The predicted octanol–water partition coefficient (Wildman–Crippen LogP) is 2.02. The lowest BCUT2D eigenvalue weighted by Gasteiger charge is -2.35. The summed E-state index contributed by atoms with van der Waals surface area (Å²) in [7, 11) is 0. The number of aromatic nitrogens is 1. The fourth-order valence-corrected chi connectivity index (χ4v) is 2.96. The van der Waals surface area contributed by atoms with E-state index in [2.05, 4.69) is 10.1 Å². The SMILES string of the molecule is O=COC(c1ccccc1)N1CCC(c2cc(=O)[nH]o2)CC1. The number of nitrogens with zero attached hydrogens (tertiary/aromatic N) is 1. The monoisotopic (exact) mass is 302 g/mol. The van der Waals surface area contributed by atoms with Crippen molar-refractivity contribution in [1.82, 2.24) is 10.1 Å². The number of carbonyl (C=O) groups is 1. The van der Waals surface area contributed by atoms with E-state index in [1.165, 1.54) is 6.07 Å². The lowest BCUT2D eigenvalue weighted by molar-refractivity contribution is -0.145. The number of ether oxygens (including phenoxy) is 1. The van der Waals surface area contributed by atoms with E-state index in [0.29, 0.717) is 12.2 Å². The van der Waals surface area contributed by atoms with E-state index in [1.54, 1.807) is 0 Å². The first-order valence-electron chi connectivity index (χ1n) is 7.34. The quantitative estimate of drug-likeness (QED) is 0.855. The number of H-pyrrole nitrogens is 1.